The number of aliphatic hydroxyl groups is 1. The maximum absolute atomic E-state index is 11.0. The van der Waals surface area contributed by atoms with E-state index in [2.05, 4.69) is 5.32 Å². The van der Waals surface area contributed by atoms with Gasteiger partial charge in [0.25, 0.3) is 5.69 Å². The van der Waals surface area contributed by atoms with Crippen LogP contribution in [0.1, 0.15) is 33.1 Å². The topological polar surface area (TPSA) is 84.6 Å². The number of hydrogen-bond donors (Lipinski definition) is 2. The van der Waals surface area contributed by atoms with E-state index in [0.717, 1.165) is 19.3 Å². The number of non-ortho nitro benzene ring substituents is 1. The van der Waals surface area contributed by atoms with E-state index in [1.165, 1.54) is 12.1 Å². The highest BCUT2D eigenvalue weighted by atomic mass is 16.6. The van der Waals surface area contributed by atoms with Crippen molar-refractivity contribution in [2.24, 2.45) is 5.92 Å². The summed E-state index contributed by atoms with van der Waals surface area (Å²) in [5, 5.41) is 23.7. The molecule has 2 unspecified atom stereocenters. The standard InChI is InChI=1S/C15H22N2O4/c1-10(2)21-14-7-12(6-13(8-14)17(19)20)16-15-5-3-4-11(15)9-18/h6-8,10-11,15-16,18H,3-5,9H2,1-2H3. The molecule has 2 N–H and O–H groups in total. The molecule has 1 aromatic rings. The molecule has 0 aromatic heterocycles. The molecule has 1 aliphatic rings. The van der Waals surface area contributed by atoms with Crippen LogP contribution < -0.4 is 10.1 Å². The van der Waals surface area contributed by atoms with E-state index in [4.69, 9.17) is 4.74 Å². The van der Waals surface area contributed by atoms with Gasteiger partial charge in [-0.05, 0) is 26.7 Å². The van der Waals surface area contributed by atoms with Crippen molar-refractivity contribution in [3.63, 3.8) is 0 Å². The van der Waals surface area contributed by atoms with E-state index in [1.807, 2.05) is 13.8 Å². The maximum Gasteiger partial charge on any atom is 0.275 e. The zero-order valence-corrected chi connectivity index (χ0v) is 12.4. The van der Waals surface area contributed by atoms with Crippen molar-refractivity contribution in [1.82, 2.24) is 0 Å². The molecular weight excluding hydrogens is 272 g/mol. The molecule has 21 heavy (non-hydrogen) atoms. The summed E-state index contributed by atoms with van der Waals surface area (Å²) in [7, 11) is 0. The number of nitrogens with one attached hydrogen (secondary N) is 1. The van der Waals surface area contributed by atoms with E-state index >= 15 is 0 Å². The van der Waals surface area contributed by atoms with Crippen LogP contribution >= 0.6 is 0 Å². The SMILES string of the molecule is CC(C)Oc1cc(NC2CCCC2CO)cc([N+](=O)[O-])c1. The number of rotatable bonds is 6. The average Bonchev–Trinajstić information content (AvgIpc) is 2.84. The van der Waals surface area contributed by atoms with Crippen molar-refractivity contribution in [1.29, 1.82) is 0 Å². The summed E-state index contributed by atoms with van der Waals surface area (Å²) < 4.78 is 5.57. The van der Waals surface area contributed by atoms with Crippen LogP contribution in [0, 0.1) is 16.0 Å². The molecule has 0 spiro atoms. The Morgan fingerprint density at radius 1 is 1.43 bits per heavy atom. The first-order chi connectivity index (χ1) is 9.99. The third-order valence-corrected chi connectivity index (χ3v) is 3.72. The molecule has 1 aromatic carbocycles. The van der Waals surface area contributed by atoms with Gasteiger partial charge in [-0.2, -0.15) is 0 Å². The summed E-state index contributed by atoms with van der Waals surface area (Å²) in [4.78, 5) is 10.6. The van der Waals surface area contributed by atoms with Gasteiger partial charge in [-0.15, -0.1) is 0 Å². The van der Waals surface area contributed by atoms with E-state index in [1.54, 1.807) is 6.07 Å². The highest BCUT2D eigenvalue weighted by Crippen LogP contribution is 2.32. The van der Waals surface area contributed by atoms with Crippen LogP contribution in [0.15, 0.2) is 18.2 Å². The van der Waals surface area contributed by atoms with Crippen molar-refractivity contribution >= 4 is 11.4 Å². The Morgan fingerprint density at radius 2 is 2.19 bits per heavy atom. The van der Waals surface area contributed by atoms with Gasteiger partial charge < -0.3 is 15.2 Å². The number of benzene rings is 1. The summed E-state index contributed by atoms with van der Waals surface area (Å²) in [6, 6.07) is 4.88. The molecule has 1 aliphatic carbocycles. The van der Waals surface area contributed by atoms with Crippen LogP contribution in [0.2, 0.25) is 0 Å². The van der Waals surface area contributed by atoms with Gasteiger partial charge in [-0.3, -0.25) is 10.1 Å². The molecule has 116 valence electrons. The Kier molecular flexibility index (Phi) is 5.01. The molecular formula is C15H22N2O4. The predicted molar refractivity (Wildman–Crippen MR) is 80.7 cm³/mol. The van der Waals surface area contributed by atoms with Gasteiger partial charge in [0.05, 0.1) is 17.1 Å². The lowest BCUT2D eigenvalue weighted by Crippen LogP contribution is -2.26. The Bertz CT molecular complexity index is 504. The van der Waals surface area contributed by atoms with Crippen LogP contribution in [0.25, 0.3) is 0 Å². The first kappa shape index (κ1) is 15.6. The molecule has 0 radical (unpaired) electrons. The molecule has 6 nitrogen and oxygen atoms in total. The molecule has 1 fully saturated rings. The van der Waals surface area contributed by atoms with E-state index < -0.39 is 4.92 Å². The van der Waals surface area contributed by atoms with Crippen molar-refractivity contribution < 1.29 is 14.8 Å². The predicted octanol–water partition coefficient (Wildman–Crippen LogP) is 2.95. The van der Waals surface area contributed by atoms with Gasteiger partial charge >= 0.3 is 0 Å². The second-order valence-electron chi connectivity index (χ2n) is 5.76. The van der Waals surface area contributed by atoms with Crippen molar-refractivity contribution in [2.45, 2.75) is 45.3 Å². The zero-order chi connectivity index (χ0) is 15.4. The van der Waals surface area contributed by atoms with Crippen LogP contribution in [-0.4, -0.2) is 28.8 Å². The van der Waals surface area contributed by atoms with Crippen molar-refractivity contribution in [2.75, 3.05) is 11.9 Å². The van der Waals surface area contributed by atoms with E-state index in [-0.39, 0.29) is 30.4 Å². The molecule has 2 rings (SSSR count). The summed E-state index contributed by atoms with van der Waals surface area (Å²) >= 11 is 0. The van der Waals surface area contributed by atoms with Crippen LogP contribution in [0.5, 0.6) is 5.75 Å². The monoisotopic (exact) mass is 294 g/mol. The van der Waals surface area contributed by atoms with Gasteiger partial charge in [0, 0.05) is 36.4 Å². The van der Waals surface area contributed by atoms with Crippen LogP contribution in [0.4, 0.5) is 11.4 Å². The lowest BCUT2D eigenvalue weighted by atomic mass is 10.0. The molecule has 0 heterocycles. The summed E-state index contributed by atoms with van der Waals surface area (Å²) in [6.07, 6.45) is 2.97. The smallest absolute Gasteiger partial charge is 0.275 e. The second-order valence-corrected chi connectivity index (χ2v) is 5.76. The number of anilines is 1. The lowest BCUT2D eigenvalue weighted by molar-refractivity contribution is -0.384. The second kappa shape index (κ2) is 6.76. The van der Waals surface area contributed by atoms with Gasteiger partial charge in [0.15, 0.2) is 0 Å². The largest absolute Gasteiger partial charge is 0.491 e. The first-order valence-corrected chi connectivity index (χ1v) is 7.33. The molecule has 0 saturated heterocycles. The third kappa shape index (κ3) is 4.07. The number of hydrogen-bond acceptors (Lipinski definition) is 5. The number of nitro benzene ring substituents is 1. The van der Waals surface area contributed by atoms with Crippen molar-refractivity contribution in [3.05, 3.63) is 28.3 Å². The number of nitro groups is 1. The number of nitrogens with zero attached hydrogens (tertiary/aromatic N) is 1. The minimum Gasteiger partial charge on any atom is -0.491 e. The lowest BCUT2D eigenvalue weighted by Gasteiger charge is -2.21. The van der Waals surface area contributed by atoms with E-state index in [0.29, 0.717) is 11.4 Å². The quantitative estimate of drug-likeness (QED) is 0.622. The number of aliphatic hydroxyl groups excluding tert-OH is 1. The average molecular weight is 294 g/mol. The highest BCUT2D eigenvalue weighted by molar-refractivity contribution is 5.57. The van der Waals surface area contributed by atoms with Crippen LogP contribution in [-0.2, 0) is 0 Å². The molecule has 0 amide bonds. The van der Waals surface area contributed by atoms with Gasteiger partial charge in [-0.25, -0.2) is 0 Å². The fraction of sp³-hybridized carbons (Fsp3) is 0.600. The molecule has 2 atom stereocenters. The minimum absolute atomic E-state index is 0.00851. The molecule has 1 saturated carbocycles. The minimum atomic E-state index is -0.420. The fourth-order valence-electron chi connectivity index (χ4n) is 2.77. The fourth-order valence-corrected chi connectivity index (χ4v) is 2.77. The summed E-state index contributed by atoms with van der Waals surface area (Å²) in [6.45, 7) is 3.90. The van der Waals surface area contributed by atoms with Crippen LogP contribution in [0.3, 0.4) is 0 Å². The van der Waals surface area contributed by atoms with E-state index in [9.17, 15) is 15.2 Å². The third-order valence-electron chi connectivity index (χ3n) is 3.72. The Morgan fingerprint density at radius 3 is 2.81 bits per heavy atom. The Hall–Kier alpha value is -1.82. The Labute approximate surface area is 124 Å². The first-order valence-electron chi connectivity index (χ1n) is 7.33. The normalized spacial score (nSPS) is 21.5. The highest BCUT2D eigenvalue weighted by Gasteiger charge is 2.27. The molecule has 6 heteroatoms. The van der Waals surface area contributed by atoms with Gasteiger partial charge in [-0.1, -0.05) is 6.42 Å². The van der Waals surface area contributed by atoms with Gasteiger partial charge in [0.1, 0.15) is 5.75 Å². The zero-order valence-electron chi connectivity index (χ0n) is 12.4. The van der Waals surface area contributed by atoms with Gasteiger partial charge in [0.2, 0.25) is 0 Å². The maximum atomic E-state index is 11.0. The Balaban J connectivity index is 2.21. The summed E-state index contributed by atoms with van der Waals surface area (Å²) in [5.74, 6) is 0.693. The number of ether oxygens (including phenoxy) is 1. The molecule has 0 bridgehead atoms. The molecule has 0 aliphatic heterocycles. The summed E-state index contributed by atoms with van der Waals surface area (Å²) in [5.41, 5.74) is 0.680. The van der Waals surface area contributed by atoms with Crippen molar-refractivity contribution in [3.8, 4) is 5.75 Å².